The molecule has 0 radical (unpaired) electrons. The Bertz CT molecular complexity index is 561. The summed E-state index contributed by atoms with van der Waals surface area (Å²) in [5, 5.41) is 12.5. The van der Waals surface area contributed by atoms with Gasteiger partial charge in [-0.05, 0) is 17.9 Å². The number of hydrogen-bond acceptors (Lipinski definition) is 5. The smallest absolute Gasteiger partial charge is 0.267 e. The minimum absolute atomic E-state index is 0.107. The third kappa shape index (κ3) is 2.49. The van der Waals surface area contributed by atoms with Crippen molar-refractivity contribution in [2.24, 2.45) is 7.05 Å². The van der Waals surface area contributed by atoms with Crippen LogP contribution >= 0.6 is 11.8 Å². The summed E-state index contributed by atoms with van der Waals surface area (Å²) in [5.41, 5.74) is 0.429. The molecule has 17 heavy (non-hydrogen) atoms. The Morgan fingerprint density at radius 2 is 2.29 bits per heavy atom. The van der Waals surface area contributed by atoms with Crippen molar-refractivity contribution in [1.29, 1.82) is 0 Å². The predicted molar refractivity (Wildman–Crippen MR) is 68.2 cm³/mol. The minimum atomic E-state index is -0.107. The van der Waals surface area contributed by atoms with Crippen LogP contribution in [0.4, 0.5) is 0 Å². The number of rotatable bonds is 5. The van der Waals surface area contributed by atoms with Crippen LogP contribution < -0.4 is 5.56 Å². The predicted octanol–water partition coefficient (Wildman–Crippen LogP) is 0.668. The number of thioether (sulfide) groups is 1. The van der Waals surface area contributed by atoms with E-state index in [0.717, 1.165) is 17.9 Å². The first-order valence-corrected chi connectivity index (χ1v) is 6.72. The first-order chi connectivity index (χ1) is 8.24. The Labute approximate surface area is 103 Å². The van der Waals surface area contributed by atoms with Gasteiger partial charge in [0.1, 0.15) is 5.39 Å². The average molecular weight is 253 g/mol. The monoisotopic (exact) mass is 253 g/mol. The quantitative estimate of drug-likeness (QED) is 0.733. The third-order valence-corrected chi connectivity index (χ3v) is 3.47. The maximum atomic E-state index is 12.0. The first-order valence-electron chi connectivity index (χ1n) is 5.57. The van der Waals surface area contributed by atoms with Crippen molar-refractivity contribution in [2.75, 3.05) is 11.5 Å². The van der Waals surface area contributed by atoms with Crippen molar-refractivity contribution in [3.63, 3.8) is 0 Å². The van der Waals surface area contributed by atoms with E-state index in [1.165, 1.54) is 4.68 Å². The number of fused-ring (bicyclic) bond motifs is 1. The van der Waals surface area contributed by atoms with Gasteiger partial charge in [0, 0.05) is 13.6 Å². The third-order valence-electron chi connectivity index (χ3n) is 2.48. The van der Waals surface area contributed by atoms with Gasteiger partial charge in [0.2, 0.25) is 0 Å². The van der Waals surface area contributed by atoms with Crippen LogP contribution in [0, 0.1) is 0 Å². The lowest BCUT2D eigenvalue weighted by atomic mass is 10.4. The van der Waals surface area contributed by atoms with Crippen LogP contribution in [-0.4, -0.2) is 36.3 Å². The maximum Gasteiger partial charge on any atom is 0.280 e. The highest BCUT2D eigenvalue weighted by Gasteiger charge is 2.08. The van der Waals surface area contributed by atoms with Crippen molar-refractivity contribution in [2.45, 2.75) is 19.9 Å². The van der Waals surface area contributed by atoms with Gasteiger partial charge in [-0.2, -0.15) is 16.9 Å². The minimum Gasteiger partial charge on any atom is -0.267 e. The van der Waals surface area contributed by atoms with Gasteiger partial charge < -0.3 is 0 Å². The molecule has 0 aliphatic rings. The molecule has 0 amide bonds. The van der Waals surface area contributed by atoms with Crippen LogP contribution in [0.15, 0.2) is 11.0 Å². The Kier molecular flexibility index (Phi) is 3.78. The molecule has 0 unspecified atom stereocenters. The van der Waals surface area contributed by atoms with Crippen molar-refractivity contribution >= 4 is 22.8 Å². The zero-order valence-corrected chi connectivity index (χ0v) is 10.8. The molecule has 0 aromatic carbocycles. The molecule has 92 valence electrons. The van der Waals surface area contributed by atoms with Crippen LogP contribution in [0.2, 0.25) is 0 Å². The molecule has 2 rings (SSSR count). The summed E-state index contributed by atoms with van der Waals surface area (Å²) in [6.45, 7) is 2.74. The normalized spacial score (nSPS) is 11.2. The standard InChI is InChI=1S/C10H15N5OS/c1-3-17-6-4-5-15-10(16)8-7-11-14(2)9(8)12-13-15/h7H,3-6H2,1-2H3. The lowest BCUT2D eigenvalue weighted by Gasteiger charge is -2.02. The van der Waals surface area contributed by atoms with Gasteiger partial charge in [-0.3, -0.25) is 4.79 Å². The molecule has 0 saturated heterocycles. The maximum absolute atomic E-state index is 12.0. The number of aromatic nitrogens is 5. The first kappa shape index (κ1) is 12.1. The number of nitrogens with zero attached hydrogens (tertiary/aromatic N) is 5. The van der Waals surface area contributed by atoms with Crippen LogP contribution in [0.3, 0.4) is 0 Å². The van der Waals surface area contributed by atoms with E-state index in [2.05, 4.69) is 22.3 Å². The fourth-order valence-electron chi connectivity index (χ4n) is 1.58. The molecule has 6 nitrogen and oxygen atoms in total. The van der Waals surface area contributed by atoms with Gasteiger partial charge >= 0.3 is 0 Å². The molecule has 2 aromatic heterocycles. The number of hydrogen-bond donors (Lipinski definition) is 0. The second kappa shape index (κ2) is 5.31. The number of aryl methyl sites for hydroxylation is 2. The van der Waals surface area contributed by atoms with Crippen molar-refractivity contribution < 1.29 is 0 Å². The Balaban J connectivity index is 2.18. The van der Waals surface area contributed by atoms with Crippen LogP contribution in [0.25, 0.3) is 11.0 Å². The highest BCUT2D eigenvalue weighted by Crippen LogP contribution is 2.04. The van der Waals surface area contributed by atoms with Crippen LogP contribution in [0.5, 0.6) is 0 Å². The van der Waals surface area contributed by atoms with E-state index < -0.39 is 0 Å². The summed E-state index contributed by atoms with van der Waals surface area (Å²) < 4.78 is 2.97. The van der Waals surface area contributed by atoms with Gasteiger partial charge in [0.15, 0.2) is 5.65 Å². The lowest BCUT2D eigenvalue weighted by molar-refractivity contribution is 0.541. The van der Waals surface area contributed by atoms with E-state index in [4.69, 9.17) is 0 Å². The Morgan fingerprint density at radius 1 is 1.47 bits per heavy atom. The highest BCUT2D eigenvalue weighted by molar-refractivity contribution is 7.99. The lowest BCUT2D eigenvalue weighted by Crippen LogP contribution is -2.24. The molecule has 7 heteroatoms. The van der Waals surface area contributed by atoms with Gasteiger partial charge in [-0.1, -0.05) is 12.1 Å². The van der Waals surface area contributed by atoms with Crippen LogP contribution in [0.1, 0.15) is 13.3 Å². The molecule has 0 fully saturated rings. The molecule has 0 aliphatic heterocycles. The van der Waals surface area contributed by atoms with Crippen molar-refractivity contribution in [1.82, 2.24) is 24.8 Å². The summed E-state index contributed by atoms with van der Waals surface area (Å²) in [5.74, 6) is 2.14. The van der Waals surface area contributed by atoms with E-state index in [1.807, 2.05) is 11.8 Å². The highest BCUT2D eigenvalue weighted by atomic mass is 32.2. The molecule has 0 N–H and O–H groups in total. The summed E-state index contributed by atoms with van der Waals surface area (Å²) in [6.07, 6.45) is 2.47. The zero-order valence-electron chi connectivity index (χ0n) is 9.96. The second-order valence-electron chi connectivity index (χ2n) is 3.67. The van der Waals surface area contributed by atoms with Gasteiger partial charge in [-0.15, -0.1) is 5.10 Å². The average Bonchev–Trinajstić information content (AvgIpc) is 2.70. The molecular formula is C10H15N5OS. The van der Waals surface area contributed by atoms with Crippen molar-refractivity contribution in [3.8, 4) is 0 Å². The Hall–Kier alpha value is -1.37. The molecule has 0 bridgehead atoms. The molecule has 0 atom stereocenters. The topological polar surface area (TPSA) is 65.6 Å². The largest absolute Gasteiger partial charge is 0.280 e. The van der Waals surface area contributed by atoms with E-state index >= 15 is 0 Å². The zero-order chi connectivity index (χ0) is 12.3. The molecule has 0 spiro atoms. The van der Waals surface area contributed by atoms with E-state index in [0.29, 0.717) is 17.6 Å². The van der Waals surface area contributed by atoms with E-state index in [9.17, 15) is 4.79 Å². The van der Waals surface area contributed by atoms with Gasteiger partial charge in [0.25, 0.3) is 5.56 Å². The fraction of sp³-hybridized carbons (Fsp3) is 0.600. The second-order valence-corrected chi connectivity index (χ2v) is 5.07. The SMILES string of the molecule is CCSCCCn1nnc2c(cnn2C)c1=O. The summed E-state index contributed by atoms with van der Waals surface area (Å²) >= 11 is 1.86. The fourth-order valence-corrected chi connectivity index (χ4v) is 2.21. The van der Waals surface area contributed by atoms with E-state index in [-0.39, 0.29) is 5.56 Å². The van der Waals surface area contributed by atoms with Gasteiger partial charge in [-0.25, -0.2) is 9.36 Å². The molecule has 0 saturated carbocycles. The van der Waals surface area contributed by atoms with E-state index in [1.54, 1.807) is 17.9 Å². The molecular weight excluding hydrogens is 238 g/mol. The molecule has 2 heterocycles. The summed E-state index contributed by atoms with van der Waals surface area (Å²) in [4.78, 5) is 12.0. The Morgan fingerprint density at radius 3 is 3.06 bits per heavy atom. The summed E-state index contributed by atoms with van der Waals surface area (Å²) in [6, 6.07) is 0. The molecule has 0 aliphatic carbocycles. The molecule has 2 aromatic rings. The summed E-state index contributed by atoms with van der Waals surface area (Å²) in [7, 11) is 1.75. The van der Waals surface area contributed by atoms with Gasteiger partial charge in [0.05, 0.1) is 6.20 Å². The van der Waals surface area contributed by atoms with Crippen molar-refractivity contribution in [3.05, 3.63) is 16.6 Å². The van der Waals surface area contributed by atoms with Crippen LogP contribution in [-0.2, 0) is 13.6 Å².